The van der Waals surface area contributed by atoms with E-state index in [1.165, 1.54) is 11.8 Å². The van der Waals surface area contributed by atoms with Gasteiger partial charge in [0, 0.05) is 6.42 Å². The number of carboxylic acid groups (broad SMARTS) is 2. The number of nitrogens with two attached hydrogens (primary N) is 1. The summed E-state index contributed by atoms with van der Waals surface area (Å²) in [4.78, 5) is 61.1. The Bertz CT molecular complexity index is 898. The summed E-state index contributed by atoms with van der Waals surface area (Å²) in [6.45, 7) is 3.22. The number of thioether (sulfide) groups is 1. The van der Waals surface area contributed by atoms with E-state index in [2.05, 4.69) is 16.0 Å². The number of nitrogens with one attached hydrogen (secondary N) is 3. The van der Waals surface area contributed by atoms with Crippen molar-refractivity contribution in [2.24, 2.45) is 11.7 Å². The predicted octanol–water partition coefficient (Wildman–Crippen LogP) is 0.369. The van der Waals surface area contributed by atoms with Crippen molar-refractivity contribution in [2.45, 2.75) is 63.7 Å². The van der Waals surface area contributed by atoms with Crippen LogP contribution >= 0.6 is 11.8 Å². The maximum atomic E-state index is 13.1. The maximum Gasteiger partial charge on any atom is 0.326 e. The van der Waals surface area contributed by atoms with E-state index in [0.717, 1.165) is 5.56 Å². The van der Waals surface area contributed by atoms with Crippen LogP contribution in [0, 0.1) is 5.92 Å². The van der Waals surface area contributed by atoms with Gasteiger partial charge in [-0.1, -0.05) is 44.2 Å². The summed E-state index contributed by atoms with van der Waals surface area (Å²) in [7, 11) is 0. The van der Waals surface area contributed by atoms with Crippen LogP contribution in [-0.4, -0.2) is 76.0 Å². The molecule has 0 bridgehead atoms. The van der Waals surface area contributed by atoms with Gasteiger partial charge in [-0.2, -0.15) is 11.8 Å². The molecule has 1 rings (SSSR count). The van der Waals surface area contributed by atoms with Crippen LogP contribution in [0.25, 0.3) is 0 Å². The van der Waals surface area contributed by atoms with Crippen molar-refractivity contribution < 1.29 is 34.2 Å². The number of carbonyl (C=O) groups is 5. The third-order valence-electron chi connectivity index (χ3n) is 5.39. The highest BCUT2D eigenvalue weighted by molar-refractivity contribution is 7.98. The molecule has 0 aromatic heterocycles. The van der Waals surface area contributed by atoms with E-state index >= 15 is 0 Å². The Morgan fingerprint density at radius 1 is 0.889 bits per heavy atom. The fourth-order valence-corrected chi connectivity index (χ4v) is 3.79. The third-order valence-corrected chi connectivity index (χ3v) is 6.03. The topological polar surface area (TPSA) is 188 Å². The van der Waals surface area contributed by atoms with E-state index in [-0.39, 0.29) is 19.3 Å². The molecule has 0 aliphatic carbocycles. The quantitative estimate of drug-likeness (QED) is 0.177. The van der Waals surface area contributed by atoms with Crippen LogP contribution in [0.3, 0.4) is 0 Å². The zero-order valence-electron chi connectivity index (χ0n) is 20.7. The average molecular weight is 525 g/mol. The highest BCUT2D eigenvalue weighted by Crippen LogP contribution is 2.08. The van der Waals surface area contributed by atoms with E-state index in [1.54, 1.807) is 13.8 Å². The van der Waals surface area contributed by atoms with Crippen LogP contribution in [0.4, 0.5) is 0 Å². The van der Waals surface area contributed by atoms with Crippen molar-refractivity contribution >= 4 is 41.4 Å². The van der Waals surface area contributed by atoms with Gasteiger partial charge in [-0.15, -0.1) is 0 Å². The van der Waals surface area contributed by atoms with Crippen LogP contribution in [0.5, 0.6) is 0 Å². The monoisotopic (exact) mass is 524 g/mol. The molecule has 11 nitrogen and oxygen atoms in total. The van der Waals surface area contributed by atoms with Crippen molar-refractivity contribution in [1.82, 2.24) is 16.0 Å². The summed E-state index contributed by atoms with van der Waals surface area (Å²) in [5.41, 5.74) is 6.89. The molecule has 0 fully saturated rings. The van der Waals surface area contributed by atoms with Crippen LogP contribution in [0.2, 0.25) is 0 Å². The van der Waals surface area contributed by atoms with Gasteiger partial charge in [0.05, 0.1) is 6.04 Å². The molecule has 0 heterocycles. The van der Waals surface area contributed by atoms with Gasteiger partial charge >= 0.3 is 11.9 Å². The fourth-order valence-electron chi connectivity index (χ4n) is 3.32. The maximum absolute atomic E-state index is 13.1. The molecule has 7 N–H and O–H groups in total. The summed E-state index contributed by atoms with van der Waals surface area (Å²) in [6, 6.07) is 4.70. The SMILES string of the molecule is CSCCC(NC(=O)C(N)Cc1ccccc1)C(=O)NC(CCC(=O)O)C(=O)NC(C(=O)O)C(C)C. The third kappa shape index (κ3) is 11.1. The van der Waals surface area contributed by atoms with Gasteiger partial charge in [-0.3, -0.25) is 19.2 Å². The molecule has 36 heavy (non-hydrogen) atoms. The molecule has 12 heteroatoms. The average Bonchev–Trinajstić information content (AvgIpc) is 2.82. The molecule has 0 aliphatic heterocycles. The molecule has 0 saturated heterocycles. The number of hydrogen-bond donors (Lipinski definition) is 6. The molecule has 0 spiro atoms. The molecule has 0 aliphatic rings. The second-order valence-corrected chi connectivity index (χ2v) is 9.69. The Kier molecular flexibility index (Phi) is 13.6. The number of amides is 3. The summed E-state index contributed by atoms with van der Waals surface area (Å²) < 4.78 is 0. The molecule has 0 saturated carbocycles. The zero-order valence-corrected chi connectivity index (χ0v) is 21.5. The van der Waals surface area contributed by atoms with Gasteiger partial charge in [0.25, 0.3) is 0 Å². The molecule has 1 aromatic carbocycles. The predicted molar refractivity (Wildman–Crippen MR) is 136 cm³/mol. The Balaban J connectivity index is 2.96. The normalized spacial score (nSPS) is 14.2. The summed E-state index contributed by atoms with van der Waals surface area (Å²) in [5, 5.41) is 25.9. The van der Waals surface area contributed by atoms with E-state index < -0.39 is 66.2 Å². The summed E-state index contributed by atoms with van der Waals surface area (Å²) in [6.07, 6.45) is 1.65. The summed E-state index contributed by atoms with van der Waals surface area (Å²) >= 11 is 1.45. The molecule has 200 valence electrons. The first-order valence-corrected chi connectivity index (χ1v) is 13.0. The first-order valence-electron chi connectivity index (χ1n) is 11.6. The Labute approximate surface area is 215 Å². The van der Waals surface area contributed by atoms with Crippen LogP contribution < -0.4 is 21.7 Å². The van der Waals surface area contributed by atoms with Crippen molar-refractivity contribution in [2.75, 3.05) is 12.0 Å². The van der Waals surface area contributed by atoms with Crippen molar-refractivity contribution in [1.29, 1.82) is 0 Å². The van der Waals surface area contributed by atoms with E-state index in [1.807, 2.05) is 36.6 Å². The van der Waals surface area contributed by atoms with Gasteiger partial charge in [-0.05, 0) is 42.8 Å². The smallest absolute Gasteiger partial charge is 0.326 e. The Morgan fingerprint density at radius 3 is 1.97 bits per heavy atom. The largest absolute Gasteiger partial charge is 0.481 e. The molecular weight excluding hydrogens is 488 g/mol. The lowest BCUT2D eigenvalue weighted by Gasteiger charge is -2.26. The lowest BCUT2D eigenvalue weighted by Crippen LogP contribution is -2.57. The lowest BCUT2D eigenvalue weighted by molar-refractivity contribution is -0.144. The fraction of sp³-hybridized carbons (Fsp3) is 0.542. The van der Waals surface area contributed by atoms with Crippen molar-refractivity contribution in [3.8, 4) is 0 Å². The minimum atomic E-state index is -1.30. The molecule has 1 aromatic rings. The minimum Gasteiger partial charge on any atom is -0.481 e. The van der Waals surface area contributed by atoms with Crippen LogP contribution in [0.15, 0.2) is 30.3 Å². The molecule has 4 unspecified atom stereocenters. The number of rotatable bonds is 16. The molecular formula is C24H36N4O7S. The number of hydrogen-bond acceptors (Lipinski definition) is 7. The lowest BCUT2D eigenvalue weighted by atomic mass is 10.0. The second kappa shape index (κ2) is 15.8. The van der Waals surface area contributed by atoms with Gasteiger partial charge in [0.15, 0.2) is 0 Å². The van der Waals surface area contributed by atoms with Gasteiger partial charge < -0.3 is 31.9 Å². The van der Waals surface area contributed by atoms with E-state index in [9.17, 15) is 29.1 Å². The standard InChI is InChI=1S/C24H36N4O7S/c1-14(2)20(24(34)35)28-23(33)17(9-10-19(29)30)27-22(32)18(11-12-36-3)26-21(31)16(25)13-15-7-5-4-6-8-15/h4-8,14,16-18,20H,9-13,25H2,1-3H3,(H,26,31)(H,27,32)(H,28,33)(H,29,30)(H,34,35). The van der Waals surface area contributed by atoms with Crippen molar-refractivity contribution in [3.63, 3.8) is 0 Å². The van der Waals surface area contributed by atoms with Gasteiger partial charge in [0.1, 0.15) is 18.1 Å². The minimum absolute atomic E-state index is 0.244. The first-order chi connectivity index (χ1) is 17.0. The Hall–Kier alpha value is -3.12. The van der Waals surface area contributed by atoms with Crippen LogP contribution in [-0.2, 0) is 30.4 Å². The number of carbonyl (C=O) groups excluding carboxylic acids is 3. The van der Waals surface area contributed by atoms with E-state index in [4.69, 9.17) is 10.8 Å². The molecule has 3 amide bonds. The number of aliphatic carboxylic acids is 2. The second-order valence-electron chi connectivity index (χ2n) is 8.70. The Morgan fingerprint density at radius 2 is 1.44 bits per heavy atom. The van der Waals surface area contributed by atoms with E-state index in [0.29, 0.717) is 5.75 Å². The number of carboxylic acids is 2. The first kappa shape index (κ1) is 30.9. The molecule has 0 radical (unpaired) electrons. The molecule has 4 atom stereocenters. The zero-order chi connectivity index (χ0) is 27.3. The van der Waals surface area contributed by atoms with Gasteiger partial charge in [-0.25, -0.2) is 4.79 Å². The highest BCUT2D eigenvalue weighted by Gasteiger charge is 2.31. The number of benzene rings is 1. The van der Waals surface area contributed by atoms with Crippen molar-refractivity contribution in [3.05, 3.63) is 35.9 Å². The van der Waals surface area contributed by atoms with Crippen LogP contribution in [0.1, 0.15) is 38.7 Å². The highest BCUT2D eigenvalue weighted by atomic mass is 32.2. The van der Waals surface area contributed by atoms with Gasteiger partial charge in [0.2, 0.25) is 17.7 Å². The summed E-state index contributed by atoms with van der Waals surface area (Å²) in [5.74, 6) is -4.40.